The fourth-order valence-corrected chi connectivity index (χ4v) is 2.71. The van der Waals surface area contributed by atoms with Gasteiger partial charge >= 0.3 is 0 Å². The van der Waals surface area contributed by atoms with E-state index in [1.807, 2.05) is 18.8 Å². The molecule has 1 aliphatic rings. The van der Waals surface area contributed by atoms with Crippen LogP contribution in [0.1, 0.15) is 27.2 Å². The quantitative estimate of drug-likeness (QED) is 0.678. The number of nitrogens with zero attached hydrogens (tertiary/aromatic N) is 1. The van der Waals surface area contributed by atoms with Crippen LogP contribution in [0.3, 0.4) is 0 Å². The van der Waals surface area contributed by atoms with E-state index in [2.05, 4.69) is 31.1 Å². The summed E-state index contributed by atoms with van der Waals surface area (Å²) in [5, 5.41) is 5.10. The average Bonchev–Trinajstić information content (AvgIpc) is 2.32. The predicted molar refractivity (Wildman–Crippen MR) is 56.8 cm³/mol. The number of thioether (sulfide) groups is 1. The first-order chi connectivity index (χ1) is 5.51. The number of hydrogen-bond donors (Lipinski definition) is 1. The summed E-state index contributed by atoms with van der Waals surface area (Å²) < 4.78 is 0. The Morgan fingerprint density at radius 1 is 1.58 bits per heavy atom. The van der Waals surface area contributed by atoms with Gasteiger partial charge in [-0.05, 0) is 11.8 Å². The second kappa shape index (κ2) is 3.69. The Hall–Kier alpha value is -0.180. The number of amidine groups is 1. The highest BCUT2D eigenvalue weighted by atomic mass is 32.2. The second-order valence-electron chi connectivity index (χ2n) is 4.41. The number of rotatable bonds is 1. The molecule has 70 valence electrons. The van der Waals surface area contributed by atoms with Crippen molar-refractivity contribution in [2.75, 3.05) is 13.6 Å². The van der Waals surface area contributed by atoms with Gasteiger partial charge in [0, 0.05) is 18.8 Å². The minimum atomic E-state index is 0.433. The molecule has 0 bridgehead atoms. The molecule has 1 atom stereocenters. The van der Waals surface area contributed by atoms with Gasteiger partial charge in [0.1, 0.15) is 0 Å². The van der Waals surface area contributed by atoms with Crippen LogP contribution in [-0.4, -0.2) is 24.0 Å². The lowest BCUT2D eigenvalue weighted by molar-refractivity contribution is 0.373. The molecule has 0 spiro atoms. The van der Waals surface area contributed by atoms with Crippen LogP contribution < -0.4 is 5.32 Å². The highest BCUT2D eigenvalue weighted by Crippen LogP contribution is 2.30. The molecule has 0 aromatic rings. The van der Waals surface area contributed by atoms with E-state index in [0.717, 1.165) is 11.7 Å². The van der Waals surface area contributed by atoms with E-state index < -0.39 is 0 Å². The third-order valence-corrected chi connectivity index (χ3v) is 3.02. The molecule has 1 rings (SSSR count). The van der Waals surface area contributed by atoms with Crippen molar-refractivity contribution in [3.63, 3.8) is 0 Å². The van der Waals surface area contributed by atoms with Crippen molar-refractivity contribution in [3.8, 4) is 0 Å². The van der Waals surface area contributed by atoms with Crippen molar-refractivity contribution < 1.29 is 0 Å². The molecule has 1 unspecified atom stereocenters. The molecule has 12 heavy (non-hydrogen) atoms. The molecule has 0 amide bonds. The molecule has 0 aromatic heterocycles. The molecule has 1 N–H and O–H groups in total. The summed E-state index contributed by atoms with van der Waals surface area (Å²) in [5.74, 6) is 0. The third kappa shape index (κ3) is 3.05. The molecule has 1 fully saturated rings. The van der Waals surface area contributed by atoms with E-state index in [-0.39, 0.29) is 0 Å². The Morgan fingerprint density at radius 2 is 2.25 bits per heavy atom. The summed E-state index contributed by atoms with van der Waals surface area (Å²) in [5.41, 5.74) is 0.433. The van der Waals surface area contributed by atoms with Crippen molar-refractivity contribution in [1.82, 2.24) is 5.32 Å². The lowest BCUT2D eigenvalue weighted by atomic mass is 9.90. The van der Waals surface area contributed by atoms with Gasteiger partial charge in [-0.1, -0.05) is 32.5 Å². The predicted octanol–water partition coefficient (Wildman–Crippen LogP) is 2.11. The number of hydrogen-bond acceptors (Lipinski definition) is 2. The molecule has 0 radical (unpaired) electrons. The molecule has 0 aromatic carbocycles. The van der Waals surface area contributed by atoms with Crippen molar-refractivity contribution in [2.45, 2.75) is 32.4 Å². The summed E-state index contributed by atoms with van der Waals surface area (Å²) in [6, 6.07) is 0. The molecular weight excluding hydrogens is 168 g/mol. The summed E-state index contributed by atoms with van der Waals surface area (Å²) >= 11 is 1.88. The Morgan fingerprint density at radius 3 is 2.67 bits per heavy atom. The van der Waals surface area contributed by atoms with Crippen molar-refractivity contribution in [2.24, 2.45) is 10.4 Å². The second-order valence-corrected chi connectivity index (χ2v) is 5.70. The van der Waals surface area contributed by atoms with Gasteiger partial charge in [0.25, 0.3) is 0 Å². The SMILES string of the molecule is CN=C1NCC(CC(C)(C)C)S1. The summed E-state index contributed by atoms with van der Waals surface area (Å²) in [6.45, 7) is 7.94. The van der Waals surface area contributed by atoms with Gasteiger partial charge in [0.15, 0.2) is 5.17 Å². The van der Waals surface area contributed by atoms with Crippen molar-refractivity contribution in [1.29, 1.82) is 0 Å². The Balaban J connectivity index is 2.38. The minimum absolute atomic E-state index is 0.433. The van der Waals surface area contributed by atoms with Crippen LogP contribution in [0.25, 0.3) is 0 Å². The molecule has 1 saturated heterocycles. The van der Waals surface area contributed by atoms with E-state index in [9.17, 15) is 0 Å². The monoisotopic (exact) mass is 186 g/mol. The minimum Gasteiger partial charge on any atom is -0.364 e. The third-order valence-electron chi connectivity index (χ3n) is 1.80. The Bertz CT molecular complexity index is 181. The van der Waals surface area contributed by atoms with Crippen LogP contribution in [0.5, 0.6) is 0 Å². The molecule has 2 nitrogen and oxygen atoms in total. The van der Waals surface area contributed by atoms with Gasteiger partial charge < -0.3 is 5.32 Å². The van der Waals surface area contributed by atoms with Gasteiger partial charge in [-0.2, -0.15) is 0 Å². The van der Waals surface area contributed by atoms with Crippen molar-refractivity contribution >= 4 is 16.9 Å². The molecule has 3 heteroatoms. The Kier molecular flexibility index (Phi) is 3.04. The molecule has 1 heterocycles. The van der Waals surface area contributed by atoms with E-state index >= 15 is 0 Å². The van der Waals surface area contributed by atoms with Crippen molar-refractivity contribution in [3.05, 3.63) is 0 Å². The van der Waals surface area contributed by atoms with E-state index in [1.165, 1.54) is 6.42 Å². The highest BCUT2D eigenvalue weighted by molar-refractivity contribution is 8.14. The Labute approximate surface area is 79.2 Å². The van der Waals surface area contributed by atoms with Crippen LogP contribution in [0, 0.1) is 5.41 Å². The fraction of sp³-hybridized carbons (Fsp3) is 0.889. The average molecular weight is 186 g/mol. The molecule has 0 aliphatic carbocycles. The first-order valence-electron chi connectivity index (χ1n) is 4.38. The van der Waals surface area contributed by atoms with Crippen LogP contribution in [0.2, 0.25) is 0 Å². The zero-order valence-electron chi connectivity index (χ0n) is 8.35. The first kappa shape index (κ1) is 9.90. The zero-order valence-corrected chi connectivity index (χ0v) is 9.16. The van der Waals surface area contributed by atoms with Gasteiger partial charge in [-0.25, -0.2) is 0 Å². The van der Waals surface area contributed by atoms with Crippen LogP contribution in [-0.2, 0) is 0 Å². The van der Waals surface area contributed by atoms with Crippen LogP contribution >= 0.6 is 11.8 Å². The van der Waals surface area contributed by atoms with E-state index in [4.69, 9.17) is 0 Å². The zero-order chi connectivity index (χ0) is 9.19. The number of nitrogens with one attached hydrogen (secondary N) is 1. The normalized spacial score (nSPS) is 27.7. The fourth-order valence-electron chi connectivity index (χ4n) is 1.37. The number of aliphatic imine (C=N–C) groups is 1. The van der Waals surface area contributed by atoms with Gasteiger partial charge in [-0.15, -0.1) is 0 Å². The van der Waals surface area contributed by atoms with Gasteiger partial charge in [0.2, 0.25) is 0 Å². The highest BCUT2D eigenvalue weighted by Gasteiger charge is 2.25. The molecule has 1 aliphatic heterocycles. The van der Waals surface area contributed by atoms with Crippen LogP contribution in [0.15, 0.2) is 4.99 Å². The lowest BCUT2D eigenvalue weighted by Gasteiger charge is -2.20. The van der Waals surface area contributed by atoms with Crippen LogP contribution in [0.4, 0.5) is 0 Å². The molecule has 0 saturated carbocycles. The maximum atomic E-state index is 4.14. The smallest absolute Gasteiger partial charge is 0.156 e. The van der Waals surface area contributed by atoms with E-state index in [0.29, 0.717) is 10.7 Å². The summed E-state index contributed by atoms with van der Waals surface area (Å²) in [4.78, 5) is 4.14. The van der Waals surface area contributed by atoms with Gasteiger partial charge in [0.05, 0.1) is 0 Å². The summed E-state index contributed by atoms with van der Waals surface area (Å²) in [7, 11) is 1.84. The molecular formula is C9H18N2S. The largest absolute Gasteiger partial charge is 0.364 e. The van der Waals surface area contributed by atoms with Gasteiger partial charge in [-0.3, -0.25) is 4.99 Å². The van der Waals surface area contributed by atoms with E-state index in [1.54, 1.807) is 0 Å². The standard InChI is InChI=1S/C9H18N2S/c1-9(2,3)5-7-6-11-8(10-4)12-7/h7H,5-6H2,1-4H3,(H,10,11). The first-order valence-corrected chi connectivity index (χ1v) is 5.26. The summed E-state index contributed by atoms with van der Waals surface area (Å²) in [6.07, 6.45) is 1.25. The lowest BCUT2D eigenvalue weighted by Crippen LogP contribution is -2.20. The maximum absolute atomic E-state index is 4.14. The maximum Gasteiger partial charge on any atom is 0.156 e. The topological polar surface area (TPSA) is 24.4 Å².